The van der Waals surface area contributed by atoms with Crippen LogP contribution in [0, 0.1) is 6.92 Å². The van der Waals surface area contributed by atoms with Crippen LogP contribution in [-0.2, 0) is 5.60 Å². The number of aryl methyl sites for hydroxylation is 1. The van der Waals surface area contributed by atoms with E-state index in [-0.39, 0.29) is 12.6 Å². The summed E-state index contributed by atoms with van der Waals surface area (Å²) in [6.07, 6.45) is -5.53. The monoisotopic (exact) mass is 340 g/mol. The maximum atomic E-state index is 13.3. The van der Waals surface area contributed by atoms with E-state index < -0.39 is 24.0 Å². The van der Waals surface area contributed by atoms with Gasteiger partial charge in [-0.25, -0.2) is 0 Å². The van der Waals surface area contributed by atoms with Crippen LogP contribution in [0.5, 0.6) is 0 Å². The normalized spacial score (nSPS) is 14.7. The fourth-order valence-corrected chi connectivity index (χ4v) is 2.36. The largest absolute Gasteiger partial charge is 0.463 e. The first-order valence-corrected chi connectivity index (χ1v) is 7.25. The molecule has 5 nitrogen and oxygen atoms in total. The van der Waals surface area contributed by atoms with Gasteiger partial charge >= 0.3 is 6.18 Å². The number of fused-ring (bicyclic) bond motifs is 1. The molecule has 1 aromatic carbocycles. The third-order valence-electron chi connectivity index (χ3n) is 3.67. The molecule has 2 heterocycles. The number of halogens is 3. The van der Waals surface area contributed by atoms with Crippen LogP contribution in [0.2, 0.25) is 0 Å². The maximum absolute atomic E-state index is 13.3. The molecule has 0 spiro atoms. The van der Waals surface area contributed by atoms with Gasteiger partial charge in [0.15, 0.2) is 5.58 Å². The van der Waals surface area contributed by atoms with Gasteiger partial charge in [-0.2, -0.15) is 18.2 Å². The fraction of sp³-hybridized carbons (Fsp3) is 0.312. The van der Waals surface area contributed by atoms with Gasteiger partial charge in [-0.15, -0.1) is 0 Å². The van der Waals surface area contributed by atoms with Crippen LogP contribution in [0.25, 0.3) is 11.1 Å². The topological polar surface area (TPSA) is 71.4 Å². The molecular formula is C16H15F3N2O3. The minimum absolute atomic E-state index is 0.0938. The molecule has 0 aliphatic rings. The van der Waals surface area contributed by atoms with Crippen molar-refractivity contribution in [2.45, 2.75) is 25.1 Å². The zero-order valence-corrected chi connectivity index (χ0v) is 12.7. The molecule has 1 atom stereocenters. The molecule has 0 aliphatic heterocycles. The Kier molecular flexibility index (Phi) is 4.00. The summed E-state index contributed by atoms with van der Waals surface area (Å²) in [5, 5.41) is 12.8. The molecule has 0 amide bonds. The number of hydrogen-bond acceptors (Lipinski definition) is 5. The lowest BCUT2D eigenvalue weighted by Gasteiger charge is -2.28. The summed E-state index contributed by atoms with van der Waals surface area (Å²) in [6.45, 7) is 1.31. The number of aromatic nitrogens is 1. The quantitative estimate of drug-likeness (QED) is 0.735. The van der Waals surface area contributed by atoms with Crippen molar-refractivity contribution in [3.63, 3.8) is 0 Å². The number of benzene rings is 1. The van der Waals surface area contributed by atoms with Crippen LogP contribution in [0.1, 0.15) is 17.9 Å². The van der Waals surface area contributed by atoms with Gasteiger partial charge in [-0.1, -0.05) is 12.1 Å². The van der Waals surface area contributed by atoms with Crippen molar-refractivity contribution in [2.75, 3.05) is 11.9 Å². The van der Waals surface area contributed by atoms with Gasteiger partial charge in [-0.3, -0.25) is 0 Å². The van der Waals surface area contributed by atoms with Crippen molar-refractivity contribution in [3.8, 4) is 0 Å². The summed E-state index contributed by atoms with van der Waals surface area (Å²) in [5.74, 6) is -0.244. The number of nitrogens with zero attached hydrogens (tertiary/aromatic N) is 1. The lowest BCUT2D eigenvalue weighted by atomic mass is 9.96. The molecule has 0 saturated carbocycles. The highest BCUT2D eigenvalue weighted by atomic mass is 19.4. The predicted molar refractivity (Wildman–Crippen MR) is 80.5 cm³/mol. The summed E-state index contributed by atoms with van der Waals surface area (Å²) < 4.78 is 50.3. The third-order valence-corrected chi connectivity index (χ3v) is 3.67. The van der Waals surface area contributed by atoms with E-state index in [1.54, 1.807) is 24.3 Å². The second-order valence-corrected chi connectivity index (χ2v) is 5.43. The summed E-state index contributed by atoms with van der Waals surface area (Å²) in [6, 6.07) is 9.56. The van der Waals surface area contributed by atoms with Crippen LogP contribution in [0.4, 0.5) is 19.2 Å². The Hall–Kier alpha value is -2.48. The number of oxazole rings is 1. The van der Waals surface area contributed by atoms with Crippen LogP contribution in [-0.4, -0.2) is 22.8 Å². The van der Waals surface area contributed by atoms with Gasteiger partial charge in [0.2, 0.25) is 5.60 Å². The van der Waals surface area contributed by atoms with Crippen molar-refractivity contribution >= 4 is 17.1 Å². The minimum Gasteiger partial charge on any atom is -0.463 e. The summed E-state index contributed by atoms with van der Waals surface area (Å²) in [4.78, 5) is 4.11. The van der Waals surface area contributed by atoms with E-state index in [4.69, 9.17) is 8.83 Å². The Morgan fingerprint density at radius 2 is 1.88 bits per heavy atom. The van der Waals surface area contributed by atoms with Crippen molar-refractivity contribution in [1.82, 2.24) is 4.98 Å². The first-order chi connectivity index (χ1) is 11.3. The predicted octanol–water partition coefficient (Wildman–Crippen LogP) is 3.98. The summed E-state index contributed by atoms with van der Waals surface area (Å²) in [7, 11) is 0. The average Bonchev–Trinajstić information content (AvgIpc) is 3.11. The molecule has 0 bridgehead atoms. The molecule has 0 saturated heterocycles. The molecule has 0 aliphatic carbocycles. The van der Waals surface area contributed by atoms with Crippen LogP contribution in [0.15, 0.2) is 45.2 Å². The molecule has 1 unspecified atom stereocenters. The molecule has 3 rings (SSSR count). The first kappa shape index (κ1) is 16.4. The van der Waals surface area contributed by atoms with Crippen molar-refractivity contribution in [3.05, 3.63) is 47.9 Å². The van der Waals surface area contributed by atoms with E-state index in [1.807, 2.05) is 0 Å². The number of anilines is 1. The lowest BCUT2D eigenvalue weighted by molar-refractivity contribution is -0.274. The van der Waals surface area contributed by atoms with E-state index in [2.05, 4.69) is 10.3 Å². The number of aliphatic hydroxyl groups is 1. The number of furan rings is 1. The van der Waals surface area contributed by atoms with E-state index >= 15 is 0 Å². The number of para-hydroxylation sites is 2. The SMILES string of the molecule is Cc1ccc(C(O)(CCNc2nc3ccccc3o2)C(F)(F)F)o1. The van der Waals surface area contributed by atoms with Crippen LogP contribution < -0.4 is 5.32 Å². The number of rotatable bonds is 5. The zero-order valence-electron chi connectivity index (χ0n) is 12.7. The van der Waals surface area contributed by atoms with Gasteiger partial charge in [-0.05, 0) is 31.2 Å². The molecule has 128 valence electrons. The van der Waals surface area contributed by atoms with Gasteiger partial charge < -0.3 is 19.3 Å². The number of alkyl halides is 3. The minimum atomic E-state index is -4.87. The Balaban J connectivity index is 1.74. The van der Waals surface area contributed by atoms with Gasteiger partial charge in [0, 0.05) is 13.0 Å². The average molecular weight is 340 g/mol. The van der Waals surface area contributed by atoms with E-state index in [0.717, 1.165) is 6.07 Å². The van der Waals surface area contributed by atoms with Gasteiger partial charge in [0.25, 0.3) is 6.01 Å². The zero-order chi connectivity index (χ0) is 17.4. The van der Waals surface area contributed by atoms with Crippen LogP contribution >= 0.6 is 0 Å². The number of hydrogen-bond donors (Lipinski definition) is 2. The highest BCUT2D eigenvalue weighted by Crippen LogP contribution is 2.42. The van der Waals surface area contributed by atoms with E-state index in [9.17, 15) is 18.3 Å². The molecule has 0 fully saturated rings. The first-order valence-electron chi connectivity index (χ1n) is 7.25. The second kappa shape index (κ2) is 5.86. The summed E-state index contributed by atoms with van der Waals surface area (Å²) in [5.41, 5.74) is -1.97. The number of nitrogens with one attached hydrogen (secondary N) is 1. The smallest absolute Gasteiger partial charge is 0.424 e. The molecule has 3 aromatic rings. The van der Waals surface area contributed by atoms with Crippen molar-refractivity contribution < 1.29 is 27.1 Å². The maximum Gasteiger partial charge on any atom is 0.424 e. The van der Waals surface area contributed by atoms with Gasteiger partial charge in [0.1, 0.15) is 17.0 Å². The Bertz CT molecular complexity index is 807. The fourth-order valence-electron chi connectivity index (χ4n) is 2.36. The molecule has 0 radical (unpaired) electrons. The highest BCUT2D eigenvalue weighted by molar-refractivity contribution is 5.74. The second-order valence-electron chi connectivity index (χ2n) is 5.43. The molecular weight excluding hydrogens is 325 g/mol. The third kappa shape index (κ3) is 2.96. The lowest BCUT2D eigenvalue weighted by Crippen LogP contribution is -2.43. The highest BCUT2D eigenvalue weighted by Gasteiger charge is 2.56. The Morgan fingerprint density at radius 3 is 2.50 bits per heavy atom. The van der Waals surface area contributed by atoms with Gasteiger partial charge in [0.05, 0.1) is 0 Å². The molecule has 2 N–H and O–H groups in total. The molecule has 2 aromatic heterocycles. The van der Waals surface area contributed by atoms with Crippen molar-refractivity contribution in [1.29, 1.82) is 0 Å². The Labute approximate surface area is 135 Å². The molecule has 8 heteroatoms. The van der Waals surface area contributed by atoms with Crippen molar-refractivity contribution in [2.24, 2.45) is 0 Å². The van der Waals surface area contributed by atoms with E-state index in [1.165, 1.54) is 13.0 Å². The van der Waals surface area contributed by atoms with Crippen LogP contribution in [0.3, 0.4) is 0 Å². The Morgan fingerprint density at radius 1 is 1.12 bits per heavy atom. The standard InChI is InChI=1S/C16H15F3N2O3/c1-10-6-7-13(23-10)15(22,16(17,18)19)8-9-20-14-21-11-4-2-3-5-12(11)24-14/h2-7,22H,8-9H2,1H3,(H,20,21). The molecule has 24 heavy (non-hydrogen) atoms. The summed E-state index contributed by atoms with van der Waals surface area (Å²) >= 11 is 0. The van der Waals surface area contributed by atoms with E-state index in [0.29, 0.717) is 16.9 Å².